The molecule has 4 heteroatoms. The van der Waals surface area contributed by atoms with Crippen molar-refractivity contribution in [1.29, 1.82) is 0 Å². The maximum Gasteiger partial charge on any atom is 0.128 e. The predicted molar refractivity (Wildman–Crippen MR) is 68.9 cm³/mol. The summed E-state index contributed by atoms with van der Waals surface area (Å²) >= 11 is 0. The van der Waals surface area contributed by atoms with E-state index >= 15 is 0 Å². The van der Waals surface area contributed by atoms with Gasteiger partial charge < -0.3 is 10.1 Å². The van der Waals surface area contributed by atoms with E-state index in [1.165, 1.54) is 12.1 Å². The molecule has 4 atom stereocenters. The molecular formula is C15H19F2NO. The van der Waals surface area contributed by atoms with Gasteiger partial charge in [0.2, 0.25) is 0 Å². The lowest BCUT2D eigenvalue weighted by Gasteiger charge is -2.25. The van der Waals surface area contributed by atoms with Crippen LogP contribution in [0.5, 0.6) is 0 Å². The molecular weight excluding hydrogens is 248 g/mol. The Morgan fingerprint density at radius 3 is 2.68 bits per heavy atom. The first kappa shape index (κ1) is 13.0. The van der Waals surface area contributed by atoms with Crippen LogP contribution in [-0.2, 0) is 4.74 Å². The third-order valence-corrected chi connectivity index (χ3v) is 4.31. The molecule has 3 rings (SSSR count). The van der Waals surface area contributed by atoms with Crippen molar-refractivity contribution in [2.24, 2.45) is 0 Å². The van der Waals surface area contributed by atoms with E-state index in [0.29, 0.717) is 17.2 Å². The molecule has 2 fully saturated rings. The molecule has 1 aromatic rings. The summed E-state index contributed by atoms with van der Waals surface area (Å²) in [7, 11) is 0. The first-order chi connectivity index (χ1) is 9.04. The maximum absolute atomic E-state index is 13.9. The number of hydrogen-bond acceptors (Lipinski definition) is 2. The van der Waals surface area contributed by atoms with Gasteiger partial charge >= 0.3 is 0 Å². The second-order valence-corrected chi connectivity index (χ2v) is 5.73. The highest BCUT2D eigenvalue weighted by atomic mass is 19.1. The summed E-state index contributed by atoms with van der Waals surface area (Å²) in [5.41, 5.74) is 0.739. The fraction of sp³-hybridized carbons (Fsp3) is 0.600. The topological polar surface area (TPSA) is 21.3 Å². The van der Waals surface area contributed by atoms with Crippen molar-refractivity contribution in [1.82, 2.24) is 5.32 Å². The molecule has 2 saturated heterocycles. The van der Waals surface area contributed by atoms with Crippen molar-refractivity contribution >= 4 is 0 Å². The highest BCUT2D eigenvalue weighted by Gasteiger charge is 2.41. The van der Waals surface area contributed by atoms with E-state index in [1.54, 1.807) is 6.92 Å². The van der Waals surface area contributed by atoms with Crippen molar-refractivity contribution in [3.8, 4) is 0 Å². The van der Waals surface area contributed by atoms with Gasteiger partial charge in [-0.15, -0.1) is 0 Å². The van der Waals surface area contributed by atoms with E-state index in [0.717, 1.165) is 19.3 Å². The molecule has 2 aliphatic rings. The van der Waals surface area contributed by atoms with Crippen molar-refractivity contribution in [3.05, 3.63) is 34.9 Å². The standard InChI is InChI=1S/C15H19F2NO/c1-8-5-13(17)11(7-12(8)16)9(2)18-14-6-10-3-4-15(14)19-10/h5,7,9-10,14-15,18H,3-4,6H2,1-2H3. The van der Waals surface area contributed by atoms with E-state index in [9.17, 15) is 8.78 Å². The predicted octanol–water partition coefficient (Wildman–Crippen LogP) is 3.24. The number of fused-ring (bicyclic) bond motifs is 2. The largest absolute Gasteiger partial charge is 0.373 e. The zero-order chi connectivity index (χ0) is 13.6. The summed E-state index contributed by atoms with van der Waals surface area (Å²) < 4.78 is 33.2. The minimum atomic E-state index is -0.353. The molecule has 19 heavy (non-hydrogen) atoms. The van der Waals surface area contributed by atoms with Crippen LogP contribution < -0.4 is 5.32 Å². The fourth-order valence-electron chi connectivity index (χ4n) is 3.22. The van der Waals surface area contributed by atoms with Gasteiger partial charge in [0.25, 0.3) is 0 Å². The third-order valence-electron chi connectivity index (χ3n) is 4.31. The smallest absolute Gasteiger partial charge is 0.128 e. The van der Waals surface area contributed by atoms with Gasteiger partial charge in [0.1, 0.15) is 11.6 Å². The zero-order valence-corrected chi connectivity index (χ0v) is 11.2. The van der Waals surface area contributed by atoms with Crippen molar-refractivity contribution < 1.29 is 13.5 Å². The normalized spacial score (nSPS) is 30.8. The van der Waals surface area contributed by atoms with Crippen molar-refractivity contribution in [3.63, 3.8) is 0 Å². The van der Waals surface area contributed by atoms with Gasteiger partial charge in [-0.25, -0.2) is 8.78 Å². The zero-order valence-electron chi connectivity index (χ0n) is 11.2. The molecule has 2 heterocycles. The first-order valence-corrected chi connectivity index (χ1v) is 6.91. The van der Waals surface area contributed by atoms with Crippen LogP contribution in [0.2, 0.25) is 0 Å². The van der Waals surface area contributed by atoms with E-state index < -0.39 is 0 Å². The minimum absolute atomic E-state index is 0.206. The van der Waals surface area contributed by atoms with Gasteiger partial charge in [0.05, 0.1) is 12.2 Å². The van der Waals surface area contributed by atoms with Gasteiger partial charge in [-0.3, -0.25) is 0 Å². The molecule has 0 spiro atoms. The molecule has 2 bridgehead atoms. The van der Waals surface area contributed by atoms with Gasteiger partial charge in [-0.2, -0.15) is 0 Å². The van der Waals surface area contributed by atoms with Gasteiger partial charge in [0, 0.05) is 17.6 Å². The number of hydrogen-bond donors (Lipinski definition) is 1. The Bertz CT molecular complexity index is 491. The first-order valence-electron chi connectivity index (χ1n) is 6.91. The second kappa shape index (κ2) is 4.84. The van der Waals surface area contributed by atoms with Crippen LogP contribution >= 0.6 is 0 Å². The van der Waals surface area contributed by atoms with Gasteiger partial charge in [-0.1, -0.05) is 0 Å². The Labute approximate surface area is 112 Å². The Hall–Kier alpha value is -1.00. The number of ether oxygens (including phenoxy) is 1. The fourth-order valence-corrected chi connectivity index (χ4v) is 3.22. The highest BCUT2D eigenvalue weighted by Crippen LogP contribution is 2.35. The lowest BCUT2D eigenvalue weighted by Crippen LogP contribution is -2.39. The number of benzene rings is 1. The molecule has 104 valence electrons. The molecule has 0 aliphatic carbocycles. The average Bonchev–Trinajstić information content (AvgIpc) is 2.95. The Balaban J connectivity index is 1.73. The number of aryl methyl sites for hydroxylation is 1. The number of halogens is 2. The van der Waals surface area contributed by atoms with Gasteiger partial charge in [-0.05, 0) is 50.8 Å². The maximum atomic E-state index is 13.9. The Morgan fingerprint density at radius 1 is 1.26 bits per heavy atom. The third kappa shape index (κ3) is 2.39. The number of nitrogens with one attached hydrogen (secondary N) is 1. The molecule has 1 aromatic carbocycles. The lowest BCUT2D eigenvalue weighted by molar-refractivity contribution is 0.0962. The van der Waals surface area contributed by atoms with E-state index in [4.69, 9.17) is 4.74 Å². The lowest BCUT2D eigenvalue weighted by atomic mass is 9.94. The summed E-state index contributed by atoms with van der Waals surface area (Å²) in [5, 5.41) is 3.38. The van der Waals surface area contributed by atoms with Gasteiger partial charge in [0.15, 0.2) is 0 Å². The van der Waals surface area contributed by atoms with Crippen LogP contribution in [0.15, 0.2) is 12.1 Å². The Kier molecular flexibility index (Phi) is 3.31. The summed E-state index contributed by atoms with van der Waals surface area (Å²) in [5.74, 6) is -0.697. The molecule has 0 aromatic heterocycles. The summed E-state index contributed by atoms with van der Waals surface area (Å²) in [4.78, 5) is 0. The van der Waals surface area contributed by atoms with Crippen LogP contribution in [0.4, 0.5) is 8.78 Å². The quantitative estimate of drug-likeness (QED) is 0.907. The van der Waals surface area contributed by atoms with Crippen LogP contribution in [-0.4, -0.2) is 18.2 Å². The minimum Gasteiger partial charge on any atom is -0.373 e. The molecule has 0 radical (unpaired) electrons. The molecule has 0 saturated carbocycles. The van der Waals surface area contributed by atoms with Crippen molar-refractivity contribution in [2.45, 2.75) is 57.4 Å². The molecule has 1 N–H and O–H groups in total. The summed E-state index contributed by atoms with van der Waals surface area (Å²) in [6, 6.07) is 2.62. The molecule has 2 aliphatic heterocycles. The second-order valence-electron chi connectivity index (χ2n) is 5.73. The summed E-state index contributed by atoms with van der Waals surface area (Å²) in [6.07, 6.45) is 3.77. The molecule has 2 nitrogen and oxygen atoms in total. The van der Waals surface area contributed by atoms with Crippen molar-refractivity contribution in [2.75, 3.05) is 0 Å². The highest BCUT2D eigenvalue weighted by molar-refractivity contribution is 5.27. The van der Waals surface area contributed by atoms with E-state index in [1.807, 2.05) is 6.92 Å². The monoisotopic (exact) mass is 267 g/mol. The average molecular weight is 267 g/mol. The van der Waals surface area contributed by atoms with Crippen LogP contribution in [0, 0.1) is 18.6 Å². The van der Waals surface area contributed by atoms with E-state index in [-0.39, 0.29) is 29.8 Å². The summed E-state index contributed by atoms with van der Waals surface area (Å²) in [6.45, 7) is 3.45. The van der Waals surface area contributed by atoms with Crippen LogP contribution in [0.1, 0.15) is 43.4 Å². The molecule has 4 unspecified atom stereocenters. The molecule has 0 amide bonds. The van der Waals surface area contributed by atoms with Crippen LogP contribution in [0.25, 0.3) is 0 Å². The Morgan fingerprint density at radius 2 is 2.05 bits per heavy atom. The van der Waals surface area contributed by atoms with Crippen LogP contribution in [0.3, 0.4) is 0 Å². The number of rotatable bonds is 3. The van der Waals surface area contributed by atoms with E-state index in [2.05, 4.69) is 5.32 Å². The SMILES string of the molecule is Cc1cc(F)c(C(C)NC2CC3CCC2O3)cc1F.